The van der Waals surface area contributed by atoms with E-state index in [1.54, 1.807) is 12.0 Å². The zero-order valence-corrected chi connectivity index (χ0v) is 17.2. The van der Waals surface area contributed by atoms with Crippen LogP contribution in [0.25, 0.3) is 0 Å². The molecule has 0 spiro atoms. The number of anilines is 1. The number of rotatable bonds is 6. The van der Waals surface area contributed by atoms with Crippen LogP contribution in [0, 0.1) is 5.82 Å². The number of amides is 1. The van der Waals surface area contributed by atoms with E-state index in [9.17, 15) is 17.6 Å². The minimum Gasteiger partial charge on any atom is -0.497 e. The van der Waals surface area contributed by atoms with Gasteiger partial charge in [0, 0.05) is 31.9 Å². The third kappa shape index (κ3) is 4.86. The monoisotopic (exact) mass is 421 g/mol. The summed E-state index contributed by atoms with van der Waals surface area (Å²) in [6, 6.07) is 11.8. The lowest BCUT2D eigenvalue weighted by atomic mass is 10.2. The number of carbonyl (C=O) groups is 1. The molecule has 1 N–H and O–H groups in total. The molecule has 2 aromatic carbocycles. The predicted octanol–water partition coefficient (Wildman–Crippen LogP) is 1.85. The molecule has 0 aliphatic carbocycles. The smallest absolute Gasteiger partial charge is 0.244 e. The molecular weight excluding hydrogens is 397 g/mol. The lowest BCUT2D eigenvalue weighted by Gasteiger charge is -2.37. The molecule has 1 amide bonds. The Hall–Kier alpha value is -2.65. The Morgan fingerprint density at radius 3 is 2.28 bits per heavy atom. The molecule has 1 unspecified atom stereocenters. The number of hydrogen-bond donors (Lipinski definition) is 1. The summed E-state index contributed by atoms with van der Waals surface area (Å²) in [5, 5.41) is 0. The van der Waals surface area contributed by atoms with Crippen molar-refractivity contribution in [1.82, 2.24) is 9.62 Å². The van der Waals surface area contributed by atoms with Crippen LogP contribution in [-0.2, 0) is 14.8 Å². The van der Waals surface area contributed by atoms with Crippen molar-refractivity contribution in [3.63, 3.8) is 0 Å². The predicted molar refractivity (Wildman–Crippen MR) is 108 cm³/mol. The first-order chi connectivity index (χ1) is 13.8. The van der Waals surface area contributed by atoms with E-state index < -0.39 is 26.8 Å². The molecule has 29 heavy (non-hydrogen) atoms. The van der Waals surface area contributed by atoms with Crippen molar-refractivity contribution in [3.8, 4) is 5.75 Å². The lowest BCUT2D eigenvalue weighted by molar-refractivity contribution is -0.132. The average molecular weight is 421 g/mol. The van der Waals surface area contributed by atoms with Gasteiger partial charge < -0.3 is 14.5 Å². The maximum atomic E-state index is 13.8. The molecule has 9 heteroatoms. The van der Waals surface area contributed by atoms with Gasteiger partial charge >= 0.3 is 0 Å². The van der Waals surface area contributed by atoms with Crippen molar-refractivity contribution in [2.45, 2.75) is 17.9 Å². The lowest BCUT2D eigenvalue weighted by Crippen LogP contribution is -2.54. The number of piperazine rings is 1. The Morgan fingerprint density at radius 2 is 1.69 bits per heavy atom. The summed E-state index contributed by atoms with van der Waals surface area (Å²) >= 11 is 0. The fourth-order valence-electron chi connectivity index (χ4n) is 3.26. The normalized spacial score (nSPS) is 15.8. The van der Waals surface area contributed by atoms with Gasteiger partial charge in [0.1, 0.15) is 16.5 Å². The molecule has 1 aliphatic heterocycles. The maximum absolute atomic E-state index is 13.8. The van der Waals surface area contributed by atoms with Gasteiger partial charge in [-0.2, -0.15) is 4.72 Å². The topological polar surface area (TPSA) is 79.0 Å². The number of sulfonamides is 1. The molecule has 3 rings (SSSR count). The largest absolute Gasteiger partial charge is 0.497 e. The van der Waals surface area contributed by atoms with Crippen LogP contribution in [0.2, 0.25) is 0 Å². The molecule has 7 nitrogen and oxygen atoms in total. The Kier molecular flexibility index (Phi) is 6.39. The van der Waals surface area contributed by atoms with Gasteiger partial charge in [0.25, 0.3) is 0 Å². The second-order valence-electron chi connectivity index (χ2n) is 6.78. The summed E-state index contributed by atoms with van der Waals surface area (Å²) in [5.41, 5.74) is 1.03. The van der Waals surface area contributed by atoms with Crippen LogP contribution in [0.3, 0.4) is 0 Å². The van der Waals surface area contributed by atoms with E-state index in [0.717, 1.165) is 17.5 Å². The molecule has 2 aromatic rings. The molecule has 1 saturated heterocycles. The Balaban J connectivity index is 1.59. The van der Waals surface area contributed by atoms with Crippen LogP contribution in [-0.4, -0.2) is 58.6 Å². The molecular formula is C20H24FN3O4S. The number of hydrogen-bond acceptors (Lipinski definition) is 5. The molecule has 0 bridgehead atoms. The summed E-state index contributed by atoms with van der Waals surface area (Å²) < 4.78 is 46.1. The van der Waals surface area contributed by atoms with Gasteiger partial charge in [0.2, 0.25) is 15.9 Å². The number of nitrogens with zero attached hydrogens (tertiary/aromatic N) is 2. The van der Waals surface area contributed by atoms with Crippen molar-refractivity contribution < 1.29 is 22.3 Å². The second-order valence-corrected chi connectivity index (χ2v) is 8.47. The van der Waals surface area contributed by atoms with Gasteiger partial charge in [-0.15, -0.1) is 0 Å². The van der Waals surface area contributed by atoms with Gasteiger partial charge in [0.05, 0.1) is 13.2 Å². The highest BCUT2D eigenvalue weighted by Gasteiger charge is 2.29. The van der Waals surface area contributed by atoms with Crippen molar-refractivity contribution >= 4 is 21.6 Å². The first-order valence-electron chi connectivity index (χ1n) is 9.26. The molecule has 0 aromatic heterocycles. The van der Waals surface area contributed by atoms with E-state index in [1.165, 1.54) is 25.1 Å². The summed E-state index contributed by atoms with van der Waals surface area (Å²) in [6.07, 6.45) is 0. The zero-order valence-electron chi connectivity index (χ0n) is 16.3. The van der Waals surface area contributed by atoms with E-state index in [1.807, 2.05) is 24.3 Å². The van der Waals surface area contributed by atoms with E-state index in [0.29, 0.717) is 26.2 Å². The Labute approximate surface area is 170 Å². The zero-order chi connectivity index (χ0) is 21.0. The van der Waals surface area contributed by atoms with Gasteiger partial charge in [-0.25, -0.2) is 12.8 Å². The molecule has 1 heterocycles. The Bertz CT molecular complexity index is 958. The molecule has 0 saturated carbocycles. The summed E-state index contributed by atoms with van der Waals surface area (Å²) in [7, 11) is -2.52. The second kappa shape index (κ2) is 8.79. The van der Waals surface area contributed by atoms with E-state index >= 15 is 0 Å². The highest BCUT2D eigenvalue weighted by atomic mass is 32.2. The Morgan fingerprint density at radius 1 is 1.07 bits per heavy atom. The number of benzene rings is 2. The van der Waals surface area contributed by atoms with Gasteiger partial charge in [0.15, 0.2) is 0 Å². The molecule has 0 radical (unpaired) electrons. The minimum absolute atomic E-state index is 0.334. The van der Waals surface area contributed by atoms with Crippen molar-refractivity contribution in [2.75, 3.05) is 38.2 Å². The van der Waals surface area contributed by atoms with Crippen LogP contribution in [0.5, 0.6) is 5.75 Å². The fraction of sp³-hybridized carbons (Fsp3) is 0.350. The van der Waals surface area contributed by atoms with Crippen LogP contribution >= 0.6 is 0 Å². The van der Waals surface area contributed by atoms with E-state index in [-0.39, 0.29) is 5.91 Å². The third-order valence-corrected chi connectivity index (χ3v) is 6.43. The third-order valence-electron chi connectivity index (χ3n) is 4.86. The van der Waals surface area contributed by atoms with Crippen molar-refractivity contribution in [3.05, 3.63) is 54.3 Å². The van der Waals surface area contributed by atoms with Crippen LogP contribution in [0.15, 0.2) is 53.4 Å². The molecule has 156 valence electrons. The van der Waals surface area contributed by atoms with Crippen molar-refractivity contribution in [2.24, 2.45) is 0 Å². The standard InChI is InChI=1S/C20H24FN3O4S/c1-15(22-29(26,27)19-6-4-3-5-18(19)21)20(25)24-13-11-23(12-14-24)16-7-9-17(28-2)10-8-16/h3-10,15,22H,11-14H2,1-2H3. The van der Waals surface area contributed by atoms with Crippen LogP contribution in [0.1, 0.15) is 6.92 Å². The molecule has 1 aliphatic rings. The highest BCUT2D eigenvalue weighted by molar-refractivity contribution is 7.89. The van der Waals surface area contributed by atoms with Crippen LogP contribution in [0.4, 0.5) is 10.1 Å². The first kappa shape index (κ1) is 21.1. The number of ether oxygens (including phenoxy) is 1. The fourth-order valence-corrected chi connectivity index (χ4v) is 4.54. The molecule has 1 atom stereocenters. The van der Waals surface area contributed by atoms with E-state index in [4.69, 9.17) is 4.74 Å². The first-order valence-corrected chi connectivity index (χ1v) is 10.7. The van der Waals surface area contributed by atoms with Gasteiger partial charge in [-0.1, -0.05) is 12.1 Å². The molecule has 1 fully saturated rings. The van der Waals surface area contributed by atoms with Crippen LogP contribution < -0.4 is 14.4 Å². The average Bonchev–Trinajstić information content (AvgIpc) is 2.73. The summed E-state index contributed by atoms with van der Waals surface area (Å²) in [5.74, 6) is -0.412. The number of carbonyl (C=O) groups excluding carboxylic acids is 1. The number of methoxy groups -OCH3 is 1. The summed E-state index contributed by atoms with van der Waals surface area (Å²) in [6.45, 7) is 3.67. The number of nitrogens with one attached hydrogen (secondary N) is 1. The quantitative estimate of drug-likeness (QED) is 0.770. The van der Waals surface area contributed by atoms with Gasteiger partial charge in [-0.05, 0) is 43.3 Å². The van der Waals surface area contributed by atoms with Gasteiger partial charge in [-0.3, -0.25) is 4.79 Å². The SMILES string of the molecule is COc1ccc(N2CCN(C(=O)C(C)NS(=O)(=O)c3ccccc3F)CC2)cc1. The summed E-state index contributed by atoms with van der Waals surface area (Å²) in [4.78, 5) is 16.0. The van der Waals surface area contributed by atoms with Crippen molar-refractivity contribution in [1.29, 1.82) is 0 Å². The number of halogens is 1. The maximum Gasteiger partial charge on any atom is 0.244 e. The minimum atomic E-state index is -4.13. The van der Waals surface area contributed by atoms with E-state index in [2.05, 4.69) is 9.62 Å². The highest BCUT2D eigenvalue weighted by Crippen LogP contribution is 2.21.